The van der Waals surface area contributed by atoms with Crippen LogP contribution in [0.15, 0.2) is 54.7 Å². The standard InChI is InChI=1S/C22H24N2O2S/c1-15(2)19-10-9-16(3)11-20(19)26-14-21(25)24-22-23-13-18(27-22)12-17-7-5-4-6-8-17/h4-11,13,15H,12,14H2,1-3H3,(H,23,24,25). The summed E-state index contributed by atoms with van der Waals surface area (Å²) in [5, 5.41) is 3.42. The van der Waals surface area contributed by atoms with Crippen LogP contribution >= 0.6 is 11.3 Å². The predicted octanol–water partition coefficient (Wildman–Crippen LogP) is 5.18. The molecule has 1 amide bonds. The van der Waals surface area contributed by atoms with Crippen molar-refractivity contribution in [1.82, 2.24) is 4.98 Å². The second-order valence-electron chi connectivity index (χ2n) is 6.83. The average molecular weight is 381 g/mol. The Kier molecular flexibility index (Phi) is 6.24. The van der Waals surface area contributed by atoms with E-state index in [4.69, 9.17) is 4.74 Å². The van der Waals surface area contributed by atoms with Crippen LogP contribution in [-0.2, 0) is 11.2 Å². The van der Waals surface area contributed by atoms with E-state index in [-0.39, 0.29) is 12.5 Å². The molecule has 140 valence electrons. The Morgan fingerprint density at radius 2 is 1.96 bits per heavy atom. The van der Waals surface area contributed by atoms with E-state index in [1.807, 2.05) is 37.4 Å². The number of aryl methyl sites for hydroxylation is 1. The topological polar surface area (TPSA) is 51.2 Å². The summed E-state index contributed by atoms with van der Waals surface area (Å²) in [7, 11) is 0. The molecule has 27 heavy (non-hydrogen) atoms. The highest BCUT2D eigenvalue weighted by Gasteiger charge is 2.12. The predicted molar refractivity (Wildman–Crippen MR) is 111 cm³/mol. The highest BCUT2D eigenvalue weighted by Crippen LogP contribution is 2.27. The van der Waals surface area contributed by atoms with Gasteiger partial charge in [0.05, 0.1) is 0 Å². The number of carbonyl (C=O) groups is 1. The van der Waals surface area contributed by atoms with Crippen LogP contribution in [0, 0.1) is 6.92 Å². The van der Waals surface area contributed by atoms with E-state index in [2.05, 4.69) is 48.4 Å². The molecule has 0 radical (unpaired) electrons. The molecule has 1 aromatic heterocycles. The minimum absolute atomic E-state index is 0.0310. The second-order valence-corrected chi connectivity index (χ2v) is 7.94. The SMILES string of the molecule is Cc1ccc(C(C)C)c(OCC(=O)Nc2ncc(Cc3ccccc3)s2)c1. The van der Waals surface area contributed by atoms with Gasteiger partial charge in [0.15, 0.2) is 11.7 Å². The van der Waals surface area contributed by atoms with Crippen molar-refractivity contribution in [2.24, 2.45) is 0 Å². The molecular formula is C22H24N2O2S. The van der Waals surface area contributed by atoms with Crippen LogP contribution in [0.2, 0.25) is 0 Å². The molecule has 2 aromatic carbocycles. The normalized spacial score (nSPS) is 10.8. The Bertz CT molecular complexity index is 904. The number of anilines is 1. The first-order valence-electron chi connectivity index (χ1n) is 9.03. The van der Waals surface area contributed by atoms with Crippen molar-refractivity contribution in [3.63, 3.8) is 0 Å². The summed E-state index contributed by atoms with van der Waals surface area (Å²) < 4.78 is 5.78. The van der Waals surface area contributed by atoms with E-state index in [0.29, 0.717) is 11.0 Å². The number of thiazole rings is 1. The number of amides is 1. The summed E-state index contributed by atoms with van der Waals surface area (Å²) in [6, 6.07) is 16.3. The molecule has 0 unspecified atom stereocenters. The van der Waals surface area contributed by atoms with Gasteiger partial charge in [0.1, 0.15) is 5.75 Å². The van der Waals surface area contributed by atoms with Crippen molar-refractivity contribution in [2.45, 2.75) is 33.1 Å². The van der Waals surface area contributed by atoms with Gasteiger partial charge >= 0.3 is 0 Å². The van der Waals surface area contributed by atoms with E-state index >= 15 is 0 Å². The Balaban J connectivity index is 1.57. The number of aromatic nitrogens is 1. The maximum Gasteiger partial charge on any atom is 0.264 e. The lowest BCUT2D eigenvalue weighted by atomic mass is 10.0. The summed E-state index contributed by atoms with van der Waals surface area (Å²) in [5.41, 5.74) is 3.44. The lowest BCUT2D eigenvalue weighted by Crippen LogP contribution is -2.20. The van der Waals surface area contributed by atoms with Gasteiger partial charge in [0, 0.05) is 17.5 Å². The second kappa shape index (κ2) is 8.82. The number of nitrogens with one attached hydrogen (secondary N) is 1. The Morgan fingerprint density at radius 3 is 2.70 bits per heavy atom. The lowest BCUT2D eigenvalue weighted by Gasteiger charge is -2.14. The molecular weight excluding hydrogens is 356 g/mol. The average Bonchev–Trinajstić information content (AvgIpc) is 3.07. The summed E-state index contributed by atoms with van der Waals surface area (Å²) in [5.74, 6) is 0.902. The third-order valence-electron chi connectivity index (χ3n) is 4.17. The van der Waals surface area contributed by atoms with Crippen molar-refractivity contribution in [3.8, 4) is 5.75 Å². The van der Waals surface area contributed by atoms with Crippen LogP contribution < -0.4 is 10.1 Å². The van der Waals surface area contributed by atoms with Crippen molar-refractivity contribution in [2.75, 3.05) is 11.9 Å². The fourth-order valence-corrected chi connectivity index (χ4v) is 3.65. The molecule has 5 heteroatoms. The number of ether oxygens (including phenoxy) is 1. The molecule has 0 fully saturated rings. The van der Waals surface area contributed by atoms with Crippen LogP contribution in [0.1, 0.15) is 41.3 Å². The summed E-state index contributed by atoms with van der Waals surface area (Å²) in [6.07, 6.45) is 2.62. The number of rotatable bonds is 7. The summed E-state index contributed by atoms with van der Waals surface area (Å²) >= 11 is 1.49. The molecule has 0 spiro atoms. The Labute approximate surface area is 164 Å². The number of nitrogens with zero attached hydrogens (tertiary/aromatic N) is 1. The molecule has 0 aliphatic heterocycles. The first-order valence-corrected chi connectivity index (χ1v) is 9.84. The molecule has 0 aliphatic rings. The van der Waals surface area contributed by atoms with Gasteiger partial charge in [-0.3, -0.25) is 10.1 Å². The molecule has 3 rings (SSSR count). The zero-order chi connectivity index (χ0) is 19.2. The highest BCUT2D eigenvalue weighted by atomic mass is 32.1. The van der Waals surface area contributed by atoms with Gasteiger partial charge in [0.25, 0.3) is 5.91 Å². The minimum Gasteiger partial charge on any atom is -0.483 e. The first-order chi connectivity index (χ1) is 13.0. The van der Waals surface area contributed by atoms with Gasteiger partial charge in [-0.2, -0.15) is 0 Å². The Morgan fingerprint density at radius 1 is 1.19 bits per heavy atom. The minimum atomic E-state index is -0.202. The molecule has 1 heterocycles. The number of benzene rings is 2. The molecule has 0 bridgehead atoms. The van der Waals surface area contributed by atoms with Crippen molar-refractivity contribution < 1.29 is 9.53 Å². The zero-order valence-corrected chi connectivity index (χ0v) is 16.7. The maximum absolute atomic E-state index is 12.2. The van der Waals surface area contributed by atoms with Crippen LogP contribution in [0.25, 0.3) is 0 Å². The third kappa shape index (κ3) is 5.41. The van der Waals surface area contributed by atoms with Gasteiger partial charge in [0.2, 0.25) is 0 Å². The third-order valence-corrected chi connectivity index (χ3v) is 5.08. The number of hydrogen-bond acceptors (Lipinski definition) is 4. The number of carbonyl (C=O) groups excluding carboxylic acids is 1. The van der Waals surface area contributed by atoms with Crippen molar-refractivity contribution in [3.05, 3.63) is 76.3 Å². The van der Waals surface area contributed by atoms with Crippen molar-refractivity contribution >= 4 is 22.4 Å². The lowest BCUT2D eigenvalue weighted by molar-refractivity contribution is -0.118. The van der Waals surface area contributed by atoms with Crippen molar-refractivity contribution in [1.29, 1.82) is 0 Å². The fourth-order valence-electron chi connectivity index (χ4n) is 2.79. The maximum atomic E-state index is 12.2. The van der Waals surface area contributed by atoms with Crippen LogP contribution in [0.3, 0.4) is 0 Å². The quantitative estimate of drug-likeness (QED) is 0.614. The molecule has 0 saturated carbocycles. The molecule has 0 atom stereocenters. The smallest absolute Gasteiger partial charge is 0.264 e. The molecule has 4 nitrogen and oxygen atoms in total. The van der Waals surface area contributed by atoms with Gasteiger partial charge in [-0.1, -0.05) is 56.3 Å². The van der Waals surface area contributed by atoms with Gasteiger partial charge in [-0.05, 0) is 35.6 Å². The molecule has 1 N–H and O–H groups in total. The number of hydrogen-bond donors (Lipinski definition) is 1. The van der Waals surface area contributed by atoms with E-state index in [1.54, 1.807) is 0 Å². The Hall–Kier alpha value is -2.66. The monoisotopic (exact) mass is 380 g/mol. The van der Waals surface area contributed by atoms with E-state index in [9.17, 15) is 4.79 Å². The van der Waals surface area contributed by atoms with Crippen LogP contribution in [0.5, 0.6) is 5.75 Å². The molecule has 0 aliphatic carbocycles. The van der Waals surface area contributed by atoms with E-state index in [1.165, 1.54) is 16.9 Å². The van der Waals surface area contributed by atoms with Gasteiger partial charge in [-0.15, -0.1) is 11.3 Å². The molecule has 3 aromatic rings. The van der Waals surface area contributed by atoms with Gasteiger partial charge in [-0.25, -0.2) is 4.98 Å². The molecule has 0 saturated heterocycles. The largest absolute Gasteiger partial charge is 0.483 e. The van der Waals surface area contributed by atoms with Crippen LogP contribution in [0.4, 0.5) is 5.13 Å². The fraction of sp³-hybridized carbons (Fsp3) is 0.273. The summed E-state index contributed by atoms with van der Waals surface area (Å²) in [4.78, 5) is 17.7. The van der Waals surface area contributed by atoms with Crippen LogP contribution in [-0.4, -0.2) is 17.5 Å². The van der Waals surface area contributed by atoms with E-state index in [0.717, 1.165) is 28.2 Å². The summed E-state index contributed by atoms with van der Waals surface area (Å²) in [6.45, 7) is 6.21. The highest BCUT2D eigenvalue weighted by molar-refractivity contribution is 7.15. The van der Waals surface area contributed by atoms with E-state index < -0.39 is 0 Å². The first kappa shape index (κ1) is 19.1. The zero-order valence-electron chi connectivity index (χ0n) is 15.9. The van der Waals surface area contributed by atoms with Gasteiger partial charge < -0.3 is 4.74 Å².